The number of carbonyl (C=O) groups is 1. The first-order chi connectivity index (χ1) is 8.05. The second kappa shape index (κ2) is 6.58. The Bertz CT molecular complexity index is 264. The van der Waals surface area contributed by atoms with Gasteiger partial charge >= 0.3 is 5.97 Å². The normalized spacial score (nSPS) is 14.7. The zero-order valence-electron chi connectivity index (χ0n) is 13.6. The Morgan fingerprint density at radius 3 is 1.89 bits per heavy atom. The molecule has 0 fully saturated rings. The summed E-state index contributed by atoms with van der Waals surface area (Å²) in [5.74, 6) is -0.0433. The first-order valence-corrected chi connectivity index (χ1v) is 7.26. The first-order valence-electron chi connectivity index (χ1n) is 7.26. The molecule has 2 heteroatoms. The molecule has 0 aromatic carbocycles. The smallest absolute Gasteiger partial charge is 0.309 e. The predicted octanol–water partition coefficient (Wildman–Crippen LogP) is 4.82. The van der Waals surface area contributed by atoms with Crippen molar-refractivity contribution in [2.24, 2.45) is 16.7 Å². The molecular formula is C16H32O2. The molecule has 0 aromatic rings. The SMILES string of the molecule is CCC(C)(C)CC(C(=O)OC(C)C)C(C)(C)CC. The van der Waals surface area contributed by atoms with Crippen LogP contribution in [-0.4, -0.2) is 12.1 Å². The molecule has 0 aliphatic carbocycles. The van der Waals surface area contributed by atoms with Gasteiger partial charge in [0, 0.05) is 0 Å². The van der Waals surface area contributed by atoms with Gasteiger partial charge in [-0.25, -0.2) is 0 Å². The average Bonchev–Trinajstić information content (AvgIpc) is 2.24. The molecule has 2 nitrogen and oxygen atoms in total. The van der Waals surface area contributed by atoms with Crippen LogP contribution in [0.15, 0.2) is 0 Å². The molecule has 0 aromatic heterocycles. The largest absolute Gasteiger partial charge is 0.463 e. The first kappa shape index (κ1) is 17.5. The molecule has 0 bridgehead atoms. The average molecular weight is 256 g/mol. The van der Waals surface area contributed by atoms with Gasteiger partial charge in [-0.15, -0.1) is 0 Å². The molecule has 1 atom stereocenters. The Morgan fingerprint density at radius 1 is 1.06 bits per heavy atom. The molecule has 1 unspecified atom stereocenters. The standard InChI is InChI=1S/C16H32O2/c1-9-15(5,6)11-13(16(7,8)10-2)14(17)18-12(3)4/h12-13H,9-11H2,1-8H3. The summed E-state index contributed by atoms with van der Waals surface area (Å²) >= 11 is 0. The summed E-state index contributed by atoms with van der Waals surface area (Å²) in [7, 11) is 0. The van der Waals surface area contributed by atoms with Crippen LogP contribution >= 0.6 is 0 Å². The van der Waals surface area contributed by atoms with Gasteiger partial charge in [0.15, 0.2) is 0 Å². The van der Waals surface area contributed by atoms with E-state index >= 15 is 0 Å². The number of ether oxygens (including phenoxy) is 1. The van der Waals surface area contributed by atoms with Crippen LogP contribution in [0.1, 0.15) is 74.7 Å². The lowest BCUT2D eigenvalue weighted by atomic mass is 9.68. The van der Waals surface area contributed by atoms with Crippen LogP contribution < -0.4 is 0 Å². The molecule has 0 radical (unpaired) electrons. The van der Waals surface area contributed by atoms with E-state index in [9.17, 15) is 4.79 Å². The lowest BCUT2D eigenvalue weighted by Gasteiger charge is -2.37. The quantitative estimate of drug-likeness (QED) is 0.611. The molecule has 0 N–H and O–H groups in total. The van der Waals surface area contributed by atoms with Crippen molar-refractivity contribution in [2.75, 3.05) is 0 Å². The van der Waals surface area contributed by atoms with Crippen molar-refractivity contribution >= 4 is 5.97 Å². The summed E-state index contributed by atoms with van der Waals surface area (Å²) in [5, 5.41) is 0. The molecular weight excluding hydrogens is 224 g/mol. The van der Waals surface area contributed by atoms with E-state index in [2.05, 4.69) is 41.5 Å². The Kier molecular flexibility index (Phi) is 6.39. The third-order valence-corrected chi connectivity index (χ3v) is 4.20. The monoisotopic (exact) mass is 256 g/mol. The Labute approximate surface area is 113 Å². The Balaban J connectivity index is 5.01. The van der Waals surface area contributed by atoms with Gasteiger partial charge in [0.1, 0.15) is 0 Å². The fourth-order valence-electron chi connectivity index (χ4n) is 1.94. The van der Waals surface area contributed by atoms with E-state index in [-0.39, 0.29) is 28.8 Å². The second-order valence-electron chi connectivity index (χ2n) is 7.10. The van der Waals surface area contributed by atoms with Gasteiger partial charge in [-0.2, -0.15) is 0 Å². The summed E-state index contributed by atoms with van der Waals surface area (Å²) in [6.45, 7) is 17.0. The second-order valence-corrected chi connectivity index (χ2v) is 7.10. The maximum atomic E-state index is 12.3. The van der Waals surface area contributed by atoms with E-state index in [1.807, 2.05) is 13.8 Å². The summed E-state index contributed by atoms with van der Waals surface area (Å²) in [6, 6.07) is 0. The van der Waals surface area contributed by atoms with Crippen molar-refractivity contribution in [1.82, 2.24) is 0 Å². The molecule has 108 valence electrons. The van der Waals surface area contributed by atoms with E-state index in [4.69, 9.17) is 4.74 Å². The van der Waals surface area contributed by atoms with E-state index in [1.165, 1.54) is 0 Å². The van der Waals surface area contributed by atoms with E-state index in [0.29, 0.717) is 0 Å². The molecule has 0 saturated carbocycles. The van der Waals surface area contributed by atoms with Crippen LogP contribution in [-0.2, 0) is 9.53 Å². The molecule has 0 aliphatic heterocycles. The van der Waals surface area contributed by atoms with Crippen molar-refractivity contribution in [3.05, 3.63) is 0 Å². The van der Waals surface area contributed by atoms with Crippen LogP contribution in [0.3, 0.4) is 0 Å². The summed E-state index contributed by atoms with van der Waals surface area (Å²) in [6.07, 6.45) is 2.94. The third-order valence-electron chi connectivity index (χ3n) is 4.20. The zero-order valence-corrected chi connectivity index (χ0v) is 13.6. The van der Waals surface area contributed by atoms with Crippen molar-refractivity contribution in [3.63, 3.8) is 0 Å². The summed E-state index contributed by atoms with van der Waals surface area (Å²) in [5.41, 5.74) is 0.186. The highest BCUT2D eigenvalue weighted by Crippen LogP contribution is 2.40. The van der Waals surface area contributed by atoms with Gasteiger partial charge in [0.25, 0.3) is 0 Å². The van der Waals surface area contributed by atoms with Crippen molar-refractivity contribution in [3.8, 4) is 0 Å². The highest BCUT2D eigenvalue weighted by atomic mass is 16.5. The van der Waals surface area contributed by atoms with Crippen molar-refractivity contribution in [1.29, 1.82) is 0 Å². The molecule has 0 aliphatic rings. The lowest BCUT2D eigenvalue weighted by molar-refractivity contribution is -0.158. The Morgan fingerprint density at radius 2 is 1.56 bits per heavy atom. The van der Waals surface area contributed by atoms with Crippen LogP contribution in [0.25, 0.3) is 0 Å². The summed E-state index contributed by atoms with van der Waals surface area (Å²) < 4.78 is 5.45. The van der Waals surface area contributed by atoms with Crippen molar-refractivity contribution < 1.29 is 9.53 Å². The zero-order chi connectivity index (χ0) is 14.6. The molecule has 18 heavy (non-hydrogen) atoms. The molecule has 0 heterocycles. The molecule has 0 saturated heterocycles. The van der Waals surface area contributed by atoms with Gasteiger partial charge in [-0.1, -0.05) is 54.4 Å². The number of hydrogen-bond acceptors (Lipinski definition) is 2. The maximum Gasteiger partial charge on any atom is 0.309 e. The minimum Gasteiger partial charge on any atom is -0.463 e. The van der Waals surface area contributed by atoms with Crippen LogP contribution in [0.2, 0.25) is 0 Å². The van der Waals surface area contributed by atoms with Crippen molar-refractivity contribution in [2.45, 2.75) is 80.8 Å². The lowest BCUT2D eigenvalue weighted by Crippen LogP contribution is -2.36. The van der Waals surface area contributed by atoms with Crippen LogP contribution in [0.5, 0.6) is 0 Å². The van der Waals surface area contributed by atoms with E-state index < -0.39 is 0 Å². The van der Waals surface area contributed by atoms with Crippen LogP contribution in [0, 0.1) is 16.7 Å². The topological polar surface area (TPSA) is 26.3 Å². The highest BCUT2D eigenvalue weighted by Gasteiger charge is 2.38. The van der Waals surface area contributed by atoms with Gasteiger partial charge in [0.2, 0.25) is 0 Å². The highest BCUT2D eigenvalue weighted by molar-refractivity contribution is 5.73. The molecule has 0 amide bonds. The predicted molar refractivity (Wildman–Crippen MR) is 77.5 cm³/mol. The fourth-order valence-corrected chi connectivity index (χ4v) is 1.94. The van der Waals surface area contributed by atoms with E-state index in [0.717, 1.165) is 19.3 Å². The minimum absolute atomic E-state index is 0.00157. The Hall–Kier alpha value is -0.530. The number of esters is 1. The molecule has 0 rings (SSSR count). The molecule has 0 spiro atoms. The fraction of sp³-hybridized carbons (Fsp3) is 0.938. The van der Waals surface area contributed by atoms with Gasteiger partial charge < -0.3 is 4.74 Å². The van der Waals surface area contributed by atoms with Gasteiger partial charge in [-0.05, 0) is 31.1 Å². The number of hydrogen-bond donors (Lipinski definition) is 0. The minimum atomic E-state index is -0.0302. The van der Waals surface area contributed by atoms with Gasteiger partial charge in [0.05, 0.1) is 12.0 Å². The number of rotatable bonds is 7. The summed E-state index contributed by atoms with van der Waals surface area (Å²) in [4.78, 5) is 12.3. The van der Waals surface area contributed by atoms with E-state index in [1.54, 1.807) is 0 Å². The third kappa shape index (κ3) is 5.41. The maximum absolute atomic E-state index is 12.3. The number of carbonyl (C=O) groups excluding carboxylic acids is 1. The van der Waals surface area contributed by atoms with Crippen LogP contribution in [0.4, 0.5) is 0 Å². The van der Waals surface area contributed by atoms with Gasteiger partial charge in [-0.3, -0.25) is 4.79 Å².